The number of rotatable bonds is 0. The maximum absolute atomic E-state index is 7.57. The van der Waals surface area contributed by atoms with Crippen molar-refractivity contribution >= 4 is 23.9 Å². The third kappa shape index (κ3) is 179. The number of aliphatic hydroxyl groups is 1. The van der Waals surface area contributed by atoms with Crippen molar-refractivity contribution in [2.75, 3.05) is 6.61 Å². The zero-order valence-corrected chi connectivity index (χ0v) is 8.78. The van der Waals surface area contributed by atoms with E-state index in [4.69, 9.17) is 5.11 Å². The topological polar surface area (TPSA) is 83.2 Å². The molecule has 54 valence electrons. The summed E-state index contributed by atoms with van der Waals surface area (Å²) < 4.78 is 0. The first-order valence-corrected chi connectivity index (χ1v) is 1.02. The Balaban J connectivity index is -0.00000000200. The Bertz CT molecular complexity index is 15.2. The quantitative estimate of drug-likeness (QED) is 0.436. The van der Waals surface area contributed by atoms with Crippen LogP contribution in [-0.4, -0.2) is 46.6 Å². The molecule has 0 spiro atoms. The molecule has 5 N–H and O–H groups in total. The van der Waals surface area contributed by atoms with Gasteiger partial charge in [0.1, 0.15) is 0 Å². The summed E-state index contributed by atoms with van der Waals surface area (Å²) in [6.07, 6.45) is 0. The van der Waals surface area contributed by atoms with Crippen LogP contribution in [0.15, 0.2) is 0 Å². The molecule has 0 aliphatic carbocycles. The number of aliphatic hydroxyl groups excluding tert-OH is 1. The Labute approximate surface area is 78.2 Å². The maximum Gasteiger partial charge on any atom is 2.00 e. The van der Waals surface area contributed by atoms with Crippen LogP contribution < -0.4 is 24.8 Å². The molecule has 0 bridgehead atoms. The molecule has 8 heavy (non-hydrogen) atoms. The summed E-state index contributed by atoms with van der Waals surface area (Å²) in [5, 5.41) is 7.57. The van der Waals surface area contributed by atoms with Gasteiger partial charge in [0.2, 0.25) is 0 Å². The van der Waals surface area contributed by atoms with E-state index in [1.165, 1.54) is 0 Å². The van der Waals surface area contributed by atoms with Crippen molar-refractivity contribution in [3.63, 3.8) is 0 Å². The average Bonchev–Trinajstić information content (AvgIpc) is 0.918. The molecule has 0 heterocycles. The summed E-state index contributed by atoms with van der Waals surface area (Å²) >= 11 is 0. The Kier molecular flexibility index (Phi) is 634. The second-order valence-corrected chi connectivity index (χ2v) is 0.316. The third-order valence-electron chi connectivity index (χ3n) is 0. The van der Waals surface area contributed by atoms with Crippen LogP contribution in [0.4, 0.5) is 0 Å². The van der Waals surface area contributed by atoms with Crippen molar-refractivity contribution in [2.24, 2.45) is 0 Å². The zero-order chi connectivity index (χ0) is 2.71. The summed E-state index contributed by atoms with van der Waals surface area (Å²) in [7, 11) is 0. The Hall–Kier alpha value is 1.26. The Morgan fingerprint density at radius 3 is 1.12 bits per heavy atom. The van der Waals surface area contributed by atoms with Crippen molar-refractivity contribution in [1.29, 1.82) is 0 Å². The molecule has 0 fully saturated rings. The predicted molar refractivity (Wildman–Crippen MR) is 25.7 cm³/mol. The van der Waals surface area contributed by atoms with Crippen LogP contribution in [0.1, 0.15) is 6.92 Å². The average molecular weight is 272 g/mol. The molecule has 0 aromatic rings. The van der Waals surface area contributed by atoms with Gasteiger partial charge in [-0.25, -0.2) is 0 Å². The van der Waals surface area contributed by atoms with Gasteiger partial charge in [-0.2, -0.15) is 0 Å². The van der Waals surface area contributed by atoms with Crippen LogP contribution in [0, 0.1) is 0 Å². The fraction of sp³-hybridized carbons (Fsp3) is 1.00. The molecule has 0 aromatic heterocycles. The van der Waals surface area contributed by atoms with Crippen molar-refractivity contribution in [1.82, 2.24) is 0 Å². The largest absolute Gasteiger partial charge is 2.00 e. The molecule has 3 nitrogen and oxygen atoms in total. The van der Waals surface area contributed by atoms with Gasteiger partial charge in [-0.3, -0.25) is 0 Å². The Morgan fingerprint density at radius 2 is 1.12 bits per heavy atom. The second kappa shape index (κ2) is 85.3. The van der Waals surface area contributed by atoms with Gasteiger partial charge in [0, 0.05) is 6.61 Å². The monoisotopic (exact) mass is 272 g/mol. The molecule has 0 aliphatic heterocycles. The molecule has 0 rings (SSSR count). The maximum atomic E-state index is 7.57. The second-order valence-electron chi connectivity index (χ2n) is 0.316. The standard InChI is InChI=1S/C2H6O.2ClH.2H2O.Sn/c1-2-3;;;;;/h3H,2H2,1H3;2*1H;2*1H2;/q;;;;;+2/p-2. The zero-order valence-electron chi connectivity index (χ0n) is 4.41. The van der Waals surface area contributed by atoms with E-state index < -0.39 is 0 Å². The van der Waals surface area contributed by atoms with Crippen LogP contribution in [-0.2, 0) is 0 Å². The van der Waals surface area contributed by atoms with Crippen LogP contribution in [0.5, 0.6) is 0 Å². The normalized spacial score (nSPS) is 2.25. The molecule has 0 saturated carbocycles. The van der Waals surface area contributed by atoms with E-state index >= 15 is 0 Å². The van der Waals surface area contributed by atoms with Gasteiger partial charge >= 0.3 is 23.9 Å². The first-order chi connectivity index (χ1) is 1.41. The van der Waals surface area contributed by atoms with Gasteiger partial charge in [-0.15, -0.1) is 0 Å². The first-order valence-electron chi connectivity index (χ1n) is 1.02. The minimum Gasteiger partial charge on any atom is -1.00 e. The summed E-state index contributed by atoms with van der Waals surface area (Å²) in [4.78, 5) is 0. The van der Waals surface area contributed by atoms with Crippen molar-refractivity contribution in [2.45, 2.75) is 6.92 Å². The molecule has 0 aliphatic rings. The van der Waals surface area contributed by atoms with Gasteiger partial charge in [-0.1, -0.05) is 0 Å². The van der Waals surface area contributed by atoms with Gasteiger partial charge in [0.05, 0.1) is 0 Å². The molecule has 0 amide bonds. The number of halogens is 2. The van der Waals surface area contributed by atoms with E-state index in [0.717, 1.165) is 0 Å². The molecule has 0 unspecified atom stereocenters. The van der Waals surface area contributed by atoms with E-state index in [0.29, 0.717) is 0 Å². The summed E-state index contributed by atoms with van der Waals surface area (Å²) in [5.41, 5.74) is 0. The predicted octanol–water partition coefficient (Wildman–Crippen LogP) is -8.02. The summed E-state index contributed by atoms with van der Waals surface area (Å²) in [6.45, 7) is 1.93. The van der Waals surface area contributed by atoms with E-state index in [1.54, 1.807) is 6.92 Å². The molecule has 6 heteroatoms. The third-order valence-corrected chi connectivity index (χ3v) is 0. The van der Waals surface area contributed by atoms with Crippen LogP contribution in [0.25, 0.3) is 0 Å². The summed E-state index contributed by atoms with van der Waals surface area (Å²) in [5.74, 6) is 0. The van der Waals surface area contributed by atoms with Gasteiger partial charge in [0.25, 0.3) is 0 Å². The van der Waals surface area contributed by atoms with E-state index in [2.05, 4.69) is 0 Å². The fourth-order valence-corrected chi connectivity index (χ4v) is 0. The Morgan fingerprint density at radius 1 is 1.12 bits per heavy atom. The van der Waals surface area contributed by atoms with Crippen molar-refractivity contribution in [3.8, 4) is 0 Å². The molecular formula is C2H10Cl2O3Sn. The van der Waals surface area contributed by atoms with Gasteiger partial charge in [0.15, 0.2) is 0 Å². The molecule has 0 atom stereocenters. The summed E-state index contributed by atoms with van der Waals surface area (Å²) in [6, 6.07) is 0. The van der Waals surface area contributed by atoms with Gasteiger partial charge < -0.3 is 40.9 Å². The molecular weight excluding hydrogens is 262 g/mol. The van der Waals surface area contributed by atoms with E-state index in [1.807, 2.05) is 0 Å². The van der Waals surface area contributed by atoms with Crippen LogP contribution in [0.2, 0.25) is 0 Å². The fourth-order valence-electron chi connectivity index (χ4n) is 0. The minimum atomic E-state index is 0. The SMILES string of the molecule is CCO.O.O.[Cl-].[Cl-].[Sn+2]. The van der Waals surface area contributed by atoms with Crippen LogP contribution in [0.3, 0.4) is 0 Å². The van der Waals surface area contributed by atoms with Crippen molar-refractivity contribution in [3.05, 3.63) is 0 Å². The smallest absolute Gasteiger partial charge is 1.00 e. The first kappa shape index (κ1) is 59.5. The van der Waals surface area contributed by atoms with Crippen molar-refractivity contribution < 1.29 is 40.9 Å². The van der Waals surface area contributed by atoms with E-state index in [-0.39, 0.29) is 66.3 Å². The number of hydrogen-bond donors (Lipinski definition) is 1. The molecule has 2 radical (unpaired) electrons. The minimum absolute atomic E-state index is 0. The van der Waals surface area contributed by atoms with E-state index in [9.17, 15) is 0 Å². The molecule has 0 aromatic carbocycles. The van der Waals surface area contributed by atoms with Crippen LogP contribution >= 0.6 is 0 Å². The molecule has 0 saturated heterocycles. The number of hydrogen-bond acceptors (Lipinski definition) is 1. The van der Waals surface area contributed by atoms with Gasteiger partial charge in [-0.05, 0) is 6.92 Å².